The molecule has 1 unspecified atom stereocenters. The van der Waals surface area contributed by atoms with E-state index < -0.39 is 0 Å². The Kier molecular flexibility index (Phi) is 5.31. The molecule has 4 heteroatoms. The van der Waals surface area contributed by atoms with Crippen LogP contribution in [0.1, 0.15) is 16.0 Å². The SMILES string of the molecule is COc1cccc(CC(Br)c2ccc(Br)cc2Cl)c1. The van der Waals surface area contributed by atoms with Crippen molar-refractivity contribution in [3.8, 4) is 5.75 Å². The zero-order valence-corrected chi connectivity index (χ0v) is 14.3. The molecule has 0 heterocycles. The quantitative estimate of drug-likeness (QED) is 0.586. The minimum Gasteiger partial charge on any atom is -0.497 e. The van der Waals surface area contributed by atoms with Crippen LogP contribution in [-0.2, 0) is 6.42 Å². The molecule has 19 heavy (non-hydrogen) atoms. The van der Waals surface area contributed by atoms with Gasteiger partial charge in [-0.15, -0.1) is 0 Å². The predicted octanol–water partition coefficient (Wildman–Crippen LogP) is 5.79. The molecule has 0 N–H and O–H groups in total. The summed E-state index contributed by atoms with van der Waals surface area (Å²) in [4.78, 5) is 0.181. The second-order valence-corrected chi connectivity index (χ2v) is 6.62. The second kappa shape index (κ2) is 6.78. The largest absolute Gasteiger partial charge is 0.497 e. The summed E-state index contributed by atoms with van der Waals surface area (Å²) in [5.41, 5.74) is 2.30. The average molecular weight is 405 g/mol. The third-order valence-corrected chi connectivity index (χ3v) is 4.49. The molecule has 2 aromatic rings. The summed E-state index contributed by atoms with van der Waals surface area (Å²) in [7, 11) is 1.68. The zero-order valence-electron chi connectivity index (χ0n) is 10.4. The molecular formula is C15H13Br2ClO. The first-order valence-electron chi connectivity index (χ1n) is 5.82. The topological polar surface area (TPSA) is 9.23 Å². The van der Waals surface area contributed by atoms with Crippen LogP contribution < -0.4 is 4.74 Å². The normalized spacial score (nSPS) is 12.2. The van der Waals surface area contributed by atoms with Crippen molar-refractivity contribution < 1.29 is 4.74 Å². The summed E-state index contributed by atoms with van der Waals surface area (Å²) in [6, 6.07) is 14.0. The molecule has 0 saturated heterocycles. The molecule has 0 amide bonds. The average Bonchev–Trinajstić information content (AvgIpc) is 2.38. The highest BCUT2D eigenvalue weighted by Gasteiger charge is 2.12. The van der Waals surface area contributed by atoms with Crippen LogP contribution in [0.2, 0.25) is 5.02 Å². The Bertz CT molecular complexity index is 572. The Morgan fingerprint density at radius 2 is 2.00 bits per heavy atom. The van der Waals surface area contributed by atoms with E-state index in [9.17, 15) is 0 Å². The van der Waals surface area contributed by atoms with Gasteiger partial charge in [0, 0.05) is 14.3 Å². The summed E-state index contributed by atoms with van der Waals surface area (Å²) in [5, 5.41) is 0.763. The lowest BCUT2D eigenvalue weighted by molar-refractivity contribution is 0.414. The number of rotatable bonds is 4. The number of alkyl halides is 1. The third kappa shape index (κ3) is 3.98. The molecule has 0 aliphatic heterocycles. The fourth-order valence-corrected chi connectivity index (χ4v) is 3.58. The van der Waals surface area contributed by atoms with E-state index in [0.717, 1.165) is 27.2 Å². The summed E-state index contributed by atoms with van der Waals surface area (Å²) in [6.45, 7) is 0. The highest BCUT2D eigenvalue weighted by molar-refractivity contribution is 9.10. The number of hydrogen-bond donors (Lipinski definition) is 0. The highest BCUT2D eigenvalue weighted by atomic mass is 79.9. The van der Waals surface area contributed by atoms with E-state index in [0.29, 0.717) is 0 Å². The standard InChI is InChI=1S/C15H13Br2ClO/c1-19-12-4-2-3-10(7-12)8-14(17)13-6-5-11(16)9-15(13)18/h2-7,9,14H,8H2,1H3. The third-order valence-electron chi connectivity index (χ3n) is 2.85. The van der Waals surface area contributed by atoms with Crippen LogP contribution in [-0.4, -0.2) is 7.11 Å². The summed E-state index contributed by atoms with van der Waals surface area (Å²) < 4.78 is 6.22. The molecule has 0 aliphatic rings. The number of benzene rings is 2. The Balaban J connectivity index is 2.17. The number of hydrogen-bond acceptors (Lipinski definition) is 1. The smallest absolute Gasteiger partial charge is 0.119 e. The van der Waals surface area contributed by atoms with E-state index in [1.54, 1.807) is 7.11 Å². The van der Waals surface area contributed by atoms with E-state index >= 15 is 0 Å². The Morgan fingerprint density at radius 1 is 1.21 bits per heavy atom. The van der Waals surface area contributed by atoms with E-state index in [1.807, 2.05) is 36.4 Å². The van der Waals surface area contributed by atoms with Crippen LogP contribution in [0.3, 0.4) is 0 Å². The number of halogens is 3. The highest BCUT2D eigenvalue weighted by Crippen LogP contribution is 2.34. The maximum absolute atomic E-state index is 6.26. The van der Waals surface area contributed by atoms with Gasteiger partial charge in [0.05, 0.1) is 7.11 Å². The van der Waals surface area contributed by atoms with Crippen molar-refractivity contribution in [2.45, 2.75) is 11.2 Å². The lowest BCUT2D eigenvalue weighted by atomic mass is 10.0. The molecular weight excluding hydrogens is 391 g/mol. The fourth-order valence-electron chi connectivity index (χ4n) is 1.87. The van der Waals surface area contributed by atoms with Gasteiger partial charge in [-0.05, 0) is 41.8 Å². The van der Waals surface area contributed by atoms with Gasteiger partial charge in [-0.3, -0.25) is 0 Å². The minimum atomic E-state index is 0.181. The first kappa shape index (κ1) is 14.9. The van der Waals surface area contributed by atoms with Crippen LogP contribution in [0, 0.1) is 0 Å². The molecule has 0 aliphatic carbocycles. The Hall–Kier alpha value is -0.510. The minimum absolute atomic E-state index is 0.181. The molecule has 2 aromatic carbocycles. The Morgan fingerprint density at radius 3 is 2.68 bits per heavy atom. The van der Waals surface area contributed by atoms with Gasteiger partial charge < -0.3 is 4.74 Å². The molecule has 0 fully saturated rings. The van der Waals surface area contributed by atoms with Gasteiger partial charge in [-0.1, -0.05) is 61.7 Å². The van der Waals surface area contributed by atoms with Crippen molar-refractivity contribution in [3.05, 3.63) is 63.1 Å². The van der Waals surface area contributed by atoms with Crippen LogP contribution in [0.25, 0.3) is 0 Å². The molecule has 0 spiro atoms. The molecule has 2 rings (SSSR count). The van der Waals surface area contributed by atoms with E-state index in [2.05, 4.69) is 37.9 Å². The molecule has 0 bridgehead atoms. The zero-order chi connectivity index (χ0) is 13.8. The first-order chi connectivity index (χ1) is 9.10. The fraction of sp³-hybridized carbons (Fsp3) is 0.200. The van der Waals surface area contributed by atoms with Crippen molar-refractivity contribution in [1.29, 1.82) is 0 Å². The van der Waals surface area contributed by atoms with Gasteiger partial charge in [0.25, 0.3) is 0 Å². The molecule has 1 atom stereocenters. The number of ether oxygens (including phenoxy) is 1. The lowest BCUT2D eigenvalue weighted by Crippen LogP contribution is -1.97. The van der Waals surface area contributed by atoms with Gasteiger partial charge in [0.2, 0.25) is 0 Å². The molecule has 0 radical (unpaired) electrons. The maximum Gasteiger partial charge on any atom is 0.119 e. The Labute approximate surface area is 135 Å². The van der Waals surface area contributed by atoms with E-state index in [1.165, 1.54) is 5.56 Å². The molecule has 100 valence electrons. The van der Waals surface area contributed by atoms with Crippen LogP contribution >= 0.6 is 43.5 Å². The summed E-state index contributed by atoms with van der Waals surface area (Å²) in [5.74, 6) is 0.874. The summed E-state index contributed by atoms with van der Waals surface area (Å²) >= 11 is 13.4. The van der Waals surface area contributed by atoms with Crippen molar-refractivity contribution in [3.63, 3.8) is 0 Å². The van der Waals surface area contributed by atoms with Crippen molar-refractivity contribution in [2.75, 3.05) is 7.11 Å². The van der Waals surface area contributed by atoms with Crippen molar-refractivity contribution >= 4 is 43.5 Å². The summed E-state index contributed by atoms with van der Waals surface area (Å²) in [6.07, 6.45) is 0.860. The van der Waals surface area contributed by atoms with E-state index in [4.69, 9.17) is 16.3 Å². The van der Waals surface area contributed by atoms with Crippen molar-refractivity contribution in [2.24, 2.45) is 0 Å². The van der Waals surface area contributed by atoms with Gasteiger partial charge in [0.1, 0.15) is 5.75 Å². The maximum atomic E-state index is 6.26. The van der Waals surface area contributed by atoms with Crippen molar-refractivity contribution in [1.82, 2.24) is 0 Å². The van der Waals surface area contributed by atoms with Gasteiger partial charge in [-0.25, -0.2) is 0 Å². The van der Waals surface area contributed by atoms with Crippen LogP contribution in [0.4, 0.5) is 0 Å². The second-order valence-electron chi connectivity index (χ2n) is 4.19. The van der Waals surface area contributed by atoms with Gasteiger partial charge in [0.15, 0.2) is 0 Å². The lowest BCUT2D eigenvalue weighted by Gasteiger charge is -2.13. The molecule has 0 aromatic heterocycles. The molecule has 1 nitrogen and oxygen atoms in total. The van der Waals surface area contributed by atoms with Crippen LogP contribution in [0.15, 0.2) is 46.9 Å². The molecule has 0 saturated carbocycles. The monoisotopic (exact) mass is 402 g/mol. The van der Waals surface area contributed by atoms with E-state index in [-0.39, 0.29) is 4.83 Å². The van der Waals surface area contributed by atoms with Gasteiger partial charge in [-0.2, -0.15) is 0 Å². The van der Waals surface area contributed by atoms with Crippen LogP contribution in [0.5, 0.6) is 5.75 Å². The number of methoxy groups -OCH3 is 1. The van der Waals surface area contributed by atoms with Gasteiger partial charge >= 0.3 is 0 Å². The predicted molar refractivity (Wildman–Crippen MR) is 87.5 cm³/mol. The first-order valence-corrected chi connectivity index (χ1v) is 7.91.